The fourth-order valence-electron chi connectivity index (χ4n) is 5.12. The van der Waals surface area contributed by atoms with Crippen molar-refractivity contribution < 1.29 is 28.5 Å². The monoisotopic (exact) mass is 619 g/mol. The van der Waals surface area contributed by atoms with E-state index >= 15 is 0 Å². The van der Waals surface area contributed by atoms with Crippen molar-refractivity contribution >= 4 is 29.4 Å². The molecule has 2 aromatic carbocycles. The number of nitrogens with zero attached hydrogens (tertiary/aromatic N) is 6. The summed E-state index contributed by atoms with van der Waals surface area (Å²) in [5.41, 5.74) is 1.99. The molecular weight excluding hydrogens is 590 g/mol. The number of nitrogens with one attached hydrogen (secondary N) is 1. The first-order valence-electron chi connectivity index (χ1n) is 14.0. The van der Waals surface area contributed by atoms with Gasteiger partial charge in [0, 0.05) is 50.2 Å². The van der Waals surface area contributed by atoms with Crippen LogP contribution < -0.4 is 24.4 Å². The average Bonchev–Trinajstić information content (AvgIpc) is 3.60. The molecule has 0 aliphatic carbocycles. The highest BCUT2D eigenvalue weighted by Crippen LogP contribution is 2.27. The van der Waals surface area contributed by atoms with E-state index < -0.39 is 12.1 Å². The third kappa shape index (κ3) is 6.53. The minimum Gasteiger partial charge on any atom is -0.497 e. The van der Waals surface area contributed by atoms with E-state index in [1.807, 2.05) is 23.1 Å². The van der Waals surface area contributed by atoms with Crippen LogP contribution in [-0.4, -0.2) is 82.5 Å². The molecule has 44 heavy (non-hydrogen) atoms. The van der Waals surface area contributed by atoms with Gasteiger partial charge in [0.15, 0.2) is 6.79 Å². The van der Waals surface area contributed by atoms with Crippen LogP contribution in [0.4, 0.5) is 10.6 Å². The molecule has 2 aromatic heterocycles. The van der Waals surface area contributed by atoms with Crippen molar-refractivity contribution in [2.75, 3.05) is 45.0 Å². The maximum absolute atomic E-state index is 13.7. The number of methoxy groups -OCH3 is 1. The number of carbonyl (C=O) groups excluding carboxylic acids is 2. The summed E-state index contributed by atoms with van der Waals surface area (Å²) >= 11 is 6.35. The summed E-state index contributed by atoms with van der Waals surface area (Å²) in [6.07, 6.45) is 4.82. The third-order valence-electron chi connectivity index (χ3n) is 7.38. The Morgan fingerprint density at radius 3 is 2.75 bits per heavy atom. The lowest BCUT2D eigenvalue weighted by Crippen LogP contribution is -2.61. The van der Waals surface area contributed by atoms with Crippen LogP contribution in [0, 0.1) is 0 Å². The van der Waals surface area contributed by atoms with Gasteiger partial charge in [-0.2, -0.15) is 4.98 Å². The summed E-state index contributed by atoms with van der Waals surface area (Å²) in [5, 5.41) is 3.24. The molecule has 14 heteroatoms. The van der Waals surface area contributed by atoms with Crippen molar-refractivity contribution in [1.29, 1.82) is 0 Å². The van der Waals surface area contributed by atoms with E-state index in [-0.39, 0.29) is 30.9 Å². The second-order valence-corrected chi connectivity index (χ2v) is 10.5. The number of anilines is 1. The van der Waals surface area contributed by atoms with Gasteiger partial charge < -0.3 is 29.2 Å². The lowest BCUT2D eigenvalue weighted by molar-refractivity contribution is -0.125. The molecule has 0 bridgehead atoms. The molecule has 0 saturated carbocycles. The second kappa shape index (κ2) is 13.2. The Kier molecular flexibility index (Phi) is 8.75. The first-order valence-corrected chi connectivity index (χ1v) is 14.4. The molecule has 13 nitrogen and oxygen atoms in total. The van der Waals surface area contributed by atoms with Gasteiger partial charge >= 0.3 is 6.09 Å². The van der Waals surface area contributed by atoms with E-state index in [0.29, 0.717) is 49.4 Å². The van der Waals surface area contributed by atoms with E-state index in [2.05, 4.69) is 20.3 Å². The van der Waals surface area contributed by atoms with Crippen LogP contribution in [0.15, 0.2) is 67.3 Å². The summed E-state index contributed by atoms with van der Waals surface area (Å²) in [4.78, 5) is 43.4. The minimum absolute atomic E-state index is 0.155. The Hall–Kier alpha value is -4.88. The van der Waals surface area contributed by atoms with Crippen LogP contribution in [0.5, 0.6) is 17.2 Å². The molecule has 2 amide bonds. The molecule has 228 valence electrons. The van der Waals surface area contributed by atoms with E-state index in [1.165, 1.54) is 4.90 Å². The van der Waals surface area contributed by atoms with E-state index in [1.54, 1.807) is 60.7 Å². The number of hydrogen-bond donors (Lipinski definition) is 1. The SMILES string of the molecule is COc1ccc(OC(=O)N2CCN(c3cc(Cl)nc(-n4ccnc4)n3)CC2C(=O)NCCc2cccc3c2COCO3)cc1. The summed E-state index contributed by atoms with van der Waals surface area (Å²) in [6.45, 7) is 1.75. The van der Waals surface area contributed by atoms with Gasteiger partial charge in [-0.05, 0) is 42.3 Å². The lowest BCUT2D eigenvalue weighted by Gasteiger charge is -2.40. The largest absolute Gasteiger partial charge is 0.497 e. The number of carbonyl (C=O) groups is 2. The minimum atomic E-state index is -0.878. The van der Waals surface area contributed by atoms with Crippen molar-refractivity contribution in [3.05, 3.63) is 83.5 Å². The Balaban J connectivity index is 1.20. The molecular formula is C30H30ClN7O6. The zero-order chi connectivity index (χ0) is 30.5. The van der Waals surface area contributed by atoms with Gasteiger partial charge in [0.1, 0.15) is 40.6 Å². The summed E-state index contributed by atoms with van der Waals surface area (Å²) in [7, 11) is 1.56. The van der Waals surface area contributed by atoms with Crippen LogP contribution in [0.2, 0.25) is 5.15 Å². The van der Waals surface area contributed by atoms with Crippen molar-refractivity contribution in [3.8, 4) is 23.2 Å². The van der Waals surface area contributed by atoms with Crippen LogP contribution >= 0.6 is 11.6 Å². The lowest BCUT2D eigenvalue weighted by atomic mass is 10.0. The molecule has 0 radical (unpaired) electrons. The molecule has 2 aliphatic rings. The number of halogens is 1. The number of ether oxygens (including phenoxy) is 4. The molecule has 4 heterocycles. The summed E-state index contributed by atoms with van der Waals surface area (Å²) in [5.74, 6) is 2.29. The van der Waals surface area contributed by atoms with Crippen molar-refractivity contribution in [3.63, 3.8) is 0 Å². The van der Waals surface area contributed by atoms with Crippen molar-refractivity contribution in [2.24, 2.45) is 0 Å². The van der Waals surface area contributed by atoms with Crippen LogP contribution in [0.25, 0.3) is 5.95 Å². The number of amides is 2. The summed E-state index contributed by atoms with van der Waals surface area (Å²) in [6, 6.07) is 13.2. The molecule has 1 atom stereocenters. The van der Waals surface area contributed by atoms with Crippen molar-refractivity contribution in [1.82, 2.24) is 29.7 Å². The number of imidazole rings is 1. The number of hydrogen-bond acceptors (Lipinski definition) is 10. The number of aromatic nitrogens is 4. The normalized spacial score (nSPS) is 16.1. The maximum atomic E-state index is 13.7. The number of rotatable bonds is 8. The molecule has 1 N–H and O–H groups in total. The quantitative estimate of drug-likeness (QED) is 0.293. The summed E-state index contributed by atoms with van der Waals surface area (Å²) < 4.78 is 23.5. The van der Waals surface area contributed by atoms with E-state index in [0.717, 1.165) is 16.9 Å². The molecule has 1 fully saturated rings. The first kappa shape index (κ1) is 29.2. The van der Waals surface area contributed by atoms with Gasteiger partial charge in [-0.15, -0.1) is 0 Å². The number of piperazine rings is 1. The smallest absolute Gasteiger partial charge is 0.416 e. The topological polar surface area (TPSA) is 133 Å². The molecule has 4 aromatic rings. The number of benzene rings is 2. The predicted molar refractivity (Wildman–Crippen MR) is 159 cm³/mol. The molecule has 1 unspecified atom stereocenters. The molecule has 2 aliphatic heterocycles. The van der Waals surface area contributed by atoms with Gasteiger partial charge in [0.25, 0.3) is 0 Å². The van der Waals surface area contributed by atoms with Crippen LogP contribution in [-0.2, 0) is 22.6 Å². The van der Waals surface area contributed by atoms with E-state index in [4.69, 9.17) is 30.5 Å². The molecule has 6 rings (SSSR count). The molecule has 0 spiro atoms. The number of fused-ring (bicyclic) bond motifs is 1. The first-order chi connectivity index (χ1) is 21.5. The highest BCUT2D eigenvalue weighted by atomic mass is 35.5. The standard InChI is InChI=1S/C30H30ClN7O6/c1-41-21-5-7-22(8-6-21)44-30(40)38-14-13-36(27-15-26(31)34-29(35-27)37-12-11-32-18-37)16-24(38)28(39)33-10-9-20-3-2-4-25-23(20)17-42-19-43-25/h2-8,11-12,15,18,24H,9-10,13-14,16-17,19H2,1H3,(H,33,39). The maximum Gasteiger partial charge on any atom is 0.416 e. The van der Waals surface area contributed by atoms with Crippen molar-refractivity contribution in [2.45, 2.75) is 19.1 Å². The van der Waals surface area contributed by atoms with Gasteiger partial charge in [-0.3, -0.25) is 14.3 Å². The van der Waals surface area contributed by atoms with Gasteiger partial charge in [0.05, 0.1) is 13.7 Å². The highest BCUT2D eigenvalue weighted by Gasteiger charge is 2.37. The van der Waals surface area contributed by atoms with Gasteiger partial charge in [0.2, 0.25) is 11.9 Å². The van der Waals surface area contributed by atoms with Crippen LogP contribution in [0.3, 0.4) is 0 Å². The Bertz CT molecular complexity index is 1620. The van der Waals surface area contributed by atoms with Gasteiger partial charge in [-0.25, -0.2) is 14.8 Å². The Morgan fingerprint density at radius 2 is 1.95 bits per heavy atom. The second-order valence-electron chi connectivity index (χ2n) is 10.1. The van der Waals surface area contributed by atoms with Gasteiger partial charge in [-0.1, -0.05) is 23.7 Å². The zero-order valence-electron chi connectivity index (χ0n) is 23.9. The average molecular weight is 620 g/mol. The fourth-order valence-corrected chi connectivity index (χ4v) is 5.29. The van der Waals surface area contributed by atoms with E-state index in [9.17, 15) is 9.59 Å². The highest BCUT2D eigenvalue weighted by molar-refractivity contribution is 6.29. The Labute approximate surface area is 258 Å². The fraction of sp³-hybridized carbons (Fsp3) is 0.300. The van der Waals surface area contributed by atoms with Crippen LogP contribution in [0.1, 0.15) is 11.1 Å². The molecule has 1 saturated heterocycles. The predicted octanol–water partition coefficient (Wildman–Crippen LogP) is 3.24. The third-order valence-corrected chi connectivity index (χ3v) is 7.57. The zero-order valence-corrected chi connectivity index (χ0v) is 24.6. The Morgan fingerprint density at radius 1 is 1.11 bits per heavy atom.